The molecule has 1 aromatic rings. The van der Waals surface area contributed by atoms with E-state index in [1.165, 1.54) is 31.2 Å². The molecule has 2 aliphatic rings. The molecule has 0 bridgehead atoms. The largest absolute Gasteiger partial charge is 0.399 e. The maximum absolute atomic E-state index is 5.99. The highest BCUT2D eigenvalue weighted by Crippen LogP contribution is 2.32. The summed E-state index contributed by atoms with van der Waals surface area (Å²) in [6, 6.07) is 9.00. The first-order valence-electron chi connectivity index (χ1n) is 8.28. The quantitative estimate of drug-likeness (QED) is 0.868. The van der Waals surface area contributed by atoms with E-state index in [9.17, 15) is 0 Å². The maximum Gasteiger partial charge on any atom is 0.0730 e. The van der Waals surface area contributed by atoms with E-state index < -0.39 is 0 Å². The highest BCUT2D eigenvalue weighted by Gasteiger charge is 2.36. The zero-order valence-corrected chi connectivity index (χ0v) is 13.3. The third kappa shape index (κ3) is 3.24. The fourth-order valence-electron chi connectivity index (χ4n) is 3.91. The van der Waals surface area contributed by atoms with Gasteiger partial charge in [0.05, 0.1) is 12.7 Å². The lowest BCUT2D eigenvalue weighted by molar-refractivity contribution is -0.0926. The molecule has 1 aliphatic carbocycles. The van der Waals surface area contributed by atoms with Crippen LogP contribution in [0.1, 0.15) is 45.1 Å². The van der Waals surface area contributed by atoms with Crippen molar-refractivity contribution in [3.05, 3.63) is 29.8 Å². The second-order valence-corrected chi connectivity index (χ2v) is 7.24. The van der Waals surface area contributed by atoms with Crippen molar-refractivity contribution in [3.63, 3.8) is 0 Å². The minimum atomic E-state index is 0.146. The molecule has 0 amide bonds. The molecule has 21 heavy (non-hydrogen) atoms. The van der Waals surface area contributed by atoms with E-state index in [4.69, 9.17) is 10.5 Å². The fourth-order valence-corrected chi connectivity index (χ4v) is 3.91. The Morgan fingerprint density at radius 3 is 2.67 bits per heavy atom. The van der Waals surface area contributed by atoms with Gasteiger partial charge in [0.2, 0.25) is 0 Å². The van der Waals surface area contributed by atoms with Gasteiger partial charge in [-0.25, -0.2) is 0 Å². The molecule has 3 heteroatoms. The van der Waals surface area contributed by atoms with E-state index in [1.54, 1.807) is 0 Å². The summed E-state index contributed by atoms with van der Waals surface area (Å²) in [5.74, 6) is 0. The molecule has 1 saturated carbocycles. The van der Waals surface area contributed by atoms with Gasteiger partial charge in [-0.3, -0.25) is 4.90 Å². The highest BCUT2D eigenvalue weighted by atomic mass is 16.5. The number of rotatable bonds is 3. The van der Waals surface area contributed by atoms with Gasteiger partial charge >= 0.3 is 0 Å². The molecule has 0 radical (unpaired) electrons. The Labute approximate surface area is 128 Å². The second kappa shape index (κ2) is 5.98. The summed E-state index contributed by atoms with van der Waals surface area (Å²) in [6.45, 7) is 7.73. The van der Waals surface area contributed by atoms with Crippen LogP contribution in [0.15, 0.2) is 24.3 Å². The molecule has 1 heterocycles. The summed E-state index contributed by atoms with van der Waals surface area (Å²) in [6.07, 6.45) is 5.68. The van der Waals surface area contributed by atoms with Crippen molar-refractivity contribution >= 4 is 5.69 Å². The van der Waals surface area contributed by atoms with Crippen molar-refractivity contribution in [2.45, 2.75) is 57.1 Å². The highest BCUT2D eigenvalue weighted by molar-refractivity contribution is 5.41. The van der Waals surface area contributed by atoms with Crippen molar-refractivity contribution in [1.29, 1.82) is 0 Å². The summed E-state index contributed by atoms with van der Waals surface area (Å²) < 4.78 is 5.99. The lowest BCUT2D eigenvalue weighted by Crippen LogP contribution is -2.55. The molecule has 1 saturated heterocycles. The molecule has 1 aliphatic heterocycles. The molecule has 0 aromatic heterocycles. The lowest BCUT2D eigenvalue weighted by Gasteiger charge is -2.46. The van der Waals surface area contributed by atoms with Crippen molar-refractivity contribution in [3.8, 4) is 0 Å². The van der Waals surface area contributed by atoms with E-state index in [-0.39, 0.29) is 5.41 Å². The molecule has 2 unspecified atom stereocenters. The van der Waals surface area contributed by atoms with E-state index in [0.29, 0.717) is 12.1 Å². The zero-order chi connectivity index (χ0) is 14.9. The molecule has 2 N–H and O–H groups in total. The first-order chi connectivity index (χ1) is 10.1. The number of morpholine rings is 1. The fraction of sp³-hybridized carbons (Fsp3) is 0.667. The van der Waals surface area contributed by atoms with Crippen LogP contribution in [-0.2, 0) is 10.2 Å². The predicted molar refractivity (Wildman–Crippen MR) is 87.4 cm³/mol. The maximum atomic E-state index is 5.99. The van der Waals surface area contributed by atoms with Crippen molar-refractivity contribution in [2.75, 3.05) is 25.4 Å². The molecule has 116 valence electrons. The zero-order valence-electron chi connectivity index (χ0n) is 13.3. The molecular weight excluding hydrogens is 260 g/mol. The van der Waals surface area contributed by atoms with Gasteiger partial charge in [0.15, 0.2) is 0 Å². The smallest absolute Gasteiger partial charge is 0.0730 e. The number of anilines is 1. The molecule has 3 rings (SSSR count). The molecule has 1 aromatic carbocycles. The van der Waals surface area contributed by atoms with Crippen LogP contribution in [0.25, 0.3) is 0 Å². The number of nitrogen functional groups attached to an aromatic ring is 1. The van der Waals surface area contributed by atoms with Crippen LogP contribution in [-0.4, -0.2) is 36.7 Å². The molecule has 0 spiro atoms. The van der Waals surface area contributed by atoms with Gasteiger partial charge in [0.25, 0.3) is 0 Å². The minimum absolute atomic E-state index is 0.146. The topological polar surface area (TPSA) is 38.5 Å². The lowest BCUT2D eigenvalue weighted by atomic mass is 9.82. The normalized spacial score (nSPS) is 27.3. The van der Waals surface area contributed by atoms with Gasteiger partial charge < -0.3 is 10.5 Å². The molecular formula is C18H28N2O. The first kappa shape index (κ1) is 14.9. The average molecular weight is 288 g/mol. The second-order valence-electron chi connectivity index (χ2n) is 7.24. The van der Waals surface area contributed by atoms with E-state index in [2.05, 4.69) is 30.9 Å². The van der Waals surface area contributed by atoms with Crippen LogP contribution in [0.4, 0.5) is 5.69 Å². The van der Waals surface area contributed by atoms with Crippen LogP contribution in [0.2, 0.25) is 0 Å². The number of benzene rings is 1. The summed E-state index contributed by atoms with van der Waals surface area (Å²) in [4.78, 5) is 2.67. The van der Waals surface area contributed by atoms with Gasteiger partial charge in [-0.05, 0) is 30.5 Å². The van der Waals surface area contributed by atoms with E-state index in [1.807, 2.05) is 12.1 Å². The Morgan fingerprint density at radius 1 is 1.19 bits per heavy atom. The van der Waals surface area contributed by atoms with E-state index >= 15 is 0 Å². The van der Waals surface area contributed by atoms with Crippen LogP contribution in [0.3, 0.4) is 0 Å². The third-order valence-electron chi connectivity index (χ3n) is 5.14. The Bertz CT molecular complexity index is 467. The predicted octanol–water partition coefficient (Wildman–Crippen LogP) is 3.19. The first-order valence-corrected chi connectivity index (χ1v) is 8.28. The van der Waals surface area contributed by atoms with Gasteiger partial charge in [-0.1, -0.05) is 38.8 Å². The Balaban J connectivity index is 1.73. The summed E-state index contributed by atoms with van der Waals surface area (Å²) in [5.41, 5.74) is 8.17. The summed E-state index contributed by atoms with van der Waals surface area (Å²) in [5, 5.41) is 0. The van der Waals surface area contributed by atoms with Gasteiger partial charge in [-0.2, -0.15) is 0 Å². The SMILES string of the molecule is CC(C)(CN1CCOC2CCCCC21)c1ccc(N)cc1. The standard InChI is InChI=1S/C18H28N2O/c1-18(2,14-7-9-15(19)10-8-14)13-20-11-12-21-17-6-4-3-5-16(17)20/h7-10,16-17H,3-6,11-13,19H2,1-2H3. The number of nitrogens with zero attached hydrogens (tertiary/aromatic N) is 1. The van der Waals surface area contributed by atoms with Crippen LogP contribution in [0.5, 0.6) is 0 Å². The number of hydrogen-bond donors (Lipinski definition) is 1. The van der Waals surface area contributed by atoms with Crippen molar-refractivity contribution in [1.82, 2.24) is 4.90 Å². The van der Waals surface area contributed by atoms with Crippen LogP contribution in [0, 0.1) is 0 Å². The van der Waals surface area contributed by atoms with Crippen LogP contribution >= 0.6 is 0 Å². The third-order valence-corrected chi connectivity index (χ3v) is 5.14. The van der Waals surface area contributed by atoms with Crippen molar-refractivity contribution < 1.29 is 4.74 Å². The van der Waals surface area contributed by atoms with E-state index in [0.717, 1.165) is 25.4 Å². The average Bonchev–Trinajstić information content (AvgIpc) is 2.48. The van der Waals surface area contributed by atoms with Crippen molar-refractivity contribution in [2.24, 2.45) is 0 Å². The van der Waals surface area contributed by atoms with Gasteiger partial charge in [0.1, 0.15) is 0 Å². The van der Waals surface area contributed by atoms with Crippen LogP contribution < -0.4 is 5.73 Å². The number of ether oxygens (including phenoxy) is 1. The van der Waals surface area contributed by atoms with Gasteiger partial charge in [-0.15, -0.1) is 0 Å². The Morgan fingerprint density at radius 2 is 1.90 bits per heavy atom. The number of hydrogen-bond acceptors (Lipinski definition) is 3. The molecule has 2 fully saturated rings. The Kier molecular flexibility index (Phi) is 4.23. The van der Waals surface area contributed by atoms with Gasteiger partial charge in [0, 0.05) is 30.2 Å². The summed E-state index contributed by atoms with van der Waals surface area (Å²) >= 11 is 0. The molecule has 3 nitrogen and oxygen atoms in total. The molecule has 2 atom stereocenters. The summed E-state index contributed by atoms with van der Waals surface area (Å²) in [7, 11) is 0. The number of fused-ring (bicyclic) bond motifs is 1. The number of nitrogens with two attached hydrogens (primary N) is 1. The minimum Gasteiger partial charge on any atom is -0.399 e. The Hall–Kier alpha value is -1.06. The monoisotopic (exact) mass is 288 g/mol.